The number of pyridine rings is 1. The Hall–Kier alpha value is -3.53. The first-order valence-electron chi connectivity index (χ1n) is 20.3. The fourth-order valence-corrected chi connectivity index (χ4v) is 12.3. The molecule has 9 heteroatoms. The van der Waals surface area contributed by atoms with Crippen molar-refractivity contribution >= 4 is 28.5 Å². The van der Waals surface area contributed by atoms with Gasteiger partial charge in [0.2, 0.25) is 0 Å². The third-order valence-electron chi connectivity index (χ3n) is 15.3. The number of fused-ring (bicyclic) bond motifs is 6. The van der Waals surface area contributed by atoms with E-state index in [1.807, 2.05) is 43.3 Å². The lowest BCUT2D eigenvalue weighted by molar-refractivity contribution is -0.216. The number of nitrogens with one attached hydrogen (secondary N) is 1. The number of methoxy groups -OCH3 is 1. The van der Waals surface area contributed by atoms with Gasteiger partial charge in [0.1, 0.15) is 5.56 Å². The van der Waals surface area contributed by atoms with Crippen LogP contribution in [-0.4, -0.2) is 62.3 Å². The first-order chi connectivity index (χ1) is 25.7. The number of anilines is 1. The Bertz CT molecular complexity index is 1870. The number of hydrogen-bond donors (Lipinski definition) is 5. The van der Waals surface area contributed by atoms with E-state index in [0.717, 1.165) is 41.3 Å². The smallest absolute Gasteiger partial charge is 0.341 e. The zero-order valence-electron chi connectivity index (χ0n) is 32.7. The van der Waals surface area contributed by atoms with Crippen LogP contribution in [0.2, 0.25) is 0 Å². The van der Waals surface area contributed by atoms with Gasteiger partial charge >= 0.3 is 11.9 Å². The van der Waals surface area contributed by atoms with Gasteiger partial charge in [-0.05, 0) is 141 Å². The lowest BCUT2D eigenvalue weighted by Gasteiger charge is -2.64. The predicted octanol–water partition coefficient (Wildman–Crippen LogP) is 7.71. The molecule has 4 saturated carbocycles. The molecular formula is C45H60N2O7. The van der Waals surface area contributed by atoms with Crippen molar-refractivity contribution in [3.8, 4) is 0 Å². The van der Waals surface area contributed by atoms with Crippen LogP contribution in [-0.2, 0) is 22.5 Å². The molecule has 0 radical (unpaired) electrons. The summed E-state index contributed by atoms with van der Waals surface area (Å²) in [5, 5.41) is 49.8. The summed E-state index contributed by atoms with van der Waals surface area (Å²) in [6.45, 7) is 9.08. The molecule has 10 unspecified atom stereocenters. The van der Waals surface area contributed by atoms with Crippen LogP contribution in [0.5, 0.6) is 0 Å². The van der Waals surface area contributed by atoms with E-state index < -0.39 is 29.7 Å². The number of carbonyl (C=O) groups excluding carboxylic acids is 1. The number of benzene rings is 2. The molecule has 1 heterocycles. The highest BCUT2D eigenvalue weighted by atomic mass is 16.5. The molecule has 4 aliphatic rings. The van der Waals surface area contributed by atoms with E-state index in [0.29, 0.717) is 68.4 Å². The van der Waals surface area contributed by atoms with Crippen LogP contribution in [0.3, 0.4) is 0 Å². The van der Waals surface area contributed by atoms with Gasteiger partial charge in [-0.2, -0.15) is 0 Å². The zero-order chi connectivity index (χ0) is 38.6. The van der Waals surface area contributed by atoms with Gasteiger partial charge < -0.3 is 30.5 Å². The molecule has 1 aromatic heterocycles. The Labute approximate surface area is 319 Å². The third-order valence-corrected chi connectivity index (χ3v) is 15.3. The number of carboxylic acids is 1. The van der Waals surface area contributed by atoms with E-state index in [9.17, 15) is 30.0 Å². The van der Waals surface area contributed by atoms with Crippen LogP contribution in [0.25, 0.3) is 10.9 Å². The molecule has 54 heavy (non-hydrogen) atoms. The van der Waals surface area contributed by atoms with E-state index in [1.165, 1.54) is 7.11 Å². The first-order valence-corrected chi connectivity index (χ1v) is 20.3. The maximum absolute atomic E-state index is 13.0. The van der Waals surface area contributed by atoms with Gasteiger partial charge in [-0.3, -0.25) is 9.78 Å². The number of ether oxygens (including phenoxy) is 1. The number of hydrogen-bond acceptors (Lipinski definition) is 8. The van der Waals surface area contributed by atoms with E-state index >= 15 is 0 Å². The number of aliphatic hydroxyl groups is 3. The number of aliphatic carboxylic acids is 1. The number of esters is 1. The molecule has 4 aliphatic carbocycles. The molecule has 11 atom stereocenters. The minimum atomic E-state index is -0.872. The SMILES string of the molecule is COC(=O)c1c(C)nc2ccc(CCC3(O)CCC4(C)C(CC(O)C5C4CC(O)C4(C)C5CC[C@@H]4C(C)CCC(=O)O)C3)cc2c1NCc1ccccc1. The Balaban J connectivity index is 1.08. The van der Waals surface area contributed by atoms with Gasteiger partial charge in [0.15, 0.2) is 0 Å². The molecule has 5 N–H and O–H groups in total. The molecule has 0 saturated heterocycles. The van der Waals surface area contributed by atoms with Crippen LogP contribution < -0.4 is 5.32 Å². The molecular weight excluding hydrogens is 681 g/mol. The second-order valence-electron chi connectivity index (χ2n) is 18.1. The predicted molar refractivity (Wildman–Crippen MR) is 209 cm³/mol. The minimum Gasteiger partial charge on any atom is -0.481 e. The van der Waals surface area contributed by atoms with Gasteiger partial charge in [-0.15, -0.1) is 0 Å². The maximum Gasteiger partial charge on any atom is 0.341 e. The van der Waals surface area contributed by atoms with Crippen molar-refractivity contribution in [1.29, 1.82) is 0 Å². The number of carbonyl (C=O) groups is 2. The Morgan fingerprint density at radius 1 is 1.02 bits per heavy atom. The van der Waals surface area contributed by atoms with E-state index in [1.54, 1.807) is 0 Å². The summed E-state index contributed by atoms with van der Waals surface area (Å²) in [5.74, 6) is -0.130. The van der Waals surface area contributed by atoms with Crippen LogP contribution >= 0.6 is 0 Å². The van der Waals surface area contributed by atoms with Crippen molar-refractivity contribution in [3.05, 3.63) is 70.9 Å². The Morgan fingerprint density at radius 3 is 2.50 bits per heavy atom. The highest BCUT2D eigenvalue weighted by Gasteiger charge is 2.66. The van der Waals surface area contributed by atoms with E-state index in [2.05, 4.69) is 38.2 Å². The van der Waals surface area contributed by atoms with Gasteiger partial charge in [-0.25, -0.2) is 4.79 Å². The molecule has 0 aliphatic heterocycles. The lowest BCUT2D eigenvalue weighted by atomic mass is 9.42. The lowest BCUT2D eigenvalue weighted by Crippen LogP contribution is -2.63. The standard InChI is InChI=1S/C45H60N2O7/c1-26(11-16-38(50)51)32-13-14-33-40-34(23-37(49)44(32,33)4)43(3)19-20-45(53,24-30(43)22-36(40)48)18-17-28-12-15-35-31(21-28)41(39(27(2)47-35)42(52)54-5)46-25-29-9-7-6-8-10-29/h6-10,12,15,21,26,30,32-34,36-37,40,48-49,53H,11,13-14,16-20,22-25H2,1-5H3,(H,46,47)(H,50,51)/t26?,30?,32-,33?,34?,36?,37?,40?,43?,44?,45?/m1/s1. The van der Waals surface area contributed by atoms with Crippen molar-refractivity contribution in [2.45, 2.75) is 123 Å². The first kappa shape index (κ1) is 38.7. The summed E-state index contributed by atoms with van der Waals surface area (Å²) in [6, 6.07) is 16.2. The van der Waals surface area contributed by atoms with Crippen molar-refractivity contribution in [3.63, 3.8) is 0 Å². The fraction of sp³-hybridized carbons (Fsp3) is 0.622. The molecule has 7 rings (SSSR count). The molecule has 4 fully saturated rings. The van der Waals surface area contributed by atoms with Gasteiger partial charge in [-0.1, -0.05) is 57.2 Å². The largest absolute Gasteiger partial charge is 0.481 e. The molecule has 292 valence electrons. The third kappa shape index (κ3) is 6.83. The quantitative estimate of drug-likeness (QED) is 0.125. The van der Waals surface area contributed by atoms with Crippen LogP contribution in [0, 0.1) is 53.3 Å². The molecule has 9 nitrogen and oxygen atoms in total. The Morgan fingerprint density at radius 2 is 1.78 bits per heavy atom. The number of aryl methyl sites for hydroxylation is 2. The summed E-state index contributed by atoms with van der Waals surface area (Å²) in [4.78, 5) is 29.1. The normalized spacial score (nSPS) is 35.1. The summed E-state index contributed by atoms with van der Waals surface area (Å²) >= 11 is 0. The second kappa shape index (κ2) is 14.8. The summed E-state index contributed by atoms with van der Waals surface area (Å²) in [7, 11) is 1.38. The topological polar surface area (TPSA) is 149 Å². The zero-order valence-corrected chi connectivity index (χ0v) is 32.7. The molecule has 2 aromatic carbocycles. The monoisotopic (exact) mass is 740 g/mol. The van der Waals surface area contributed by atoms with Crippen molar-refractivity contribution in [2.24, 2.45) is 46.3 Å². The number of aromatic nitrogens is 1. The van der Waals surface area contributed by atoms with Crippen LogP contribution in [0.1, 0.15) is 112 Å². The highest BCUT2D eigenvalue weighted by Crippen LogP contribution is 2.69. The highest BCUT2D eigenvalue weighted by molar-refractivity contribution is 6.06. The number of aliphatic hydroxyl groups excluding tert-OH is 2. The average molecular weight is 741 g/mol. The second-order valence-corrected chi connectivity index (χ2v) is 18.1. The minimum absolute atomic E-state index is 0.0818. The van der Waals surface area contributed by atoms with Gasteiger partial charge in [0, 0.05) is 18.4 Å². The molecule has 3 aromatic rings. The summed E-state index contributed by atoms with van der Waals surface area (Å²) < 4.78 is 5.18. The van der Waals surface area contributed by atoms with Crippen molar-refractivity contribution in [2.75, 3.05) is 12.4 Å². The Kier molecular flexibility index (Phi) is 10.7. The average Bonchev–Trinajstić information content (AvgIpc) is 3.51. The molecule has 0 spiro atoms. The fourth-order valence-electron chi connectivity index (χ4n) is 12.3. The molecule has 0 bridgehead atoms. The summed E-state index contributed by atoms with van der Waals surface area (Å²) in [5.41, 5.74) is 3.36. The van der Waals surface area contributed by atoms with E-state index in [4.69, 9.17) is 9.72 Å². The van der Waals surface area contributed by atoms with Crippen LogP contribution in [0.15, 0.2) is 48.5 Å². The molecule has 0 amide bonds. The number of nitrogens with zero attached hydrogens (tertiary/aromatic N) is 1. The summed E-state index contributed by atoms with van der Waals surface area (Å²) in [6.07, 6.45) is 6.43. The van der Waals surface area contributed by atoms with E-state index in [-0.39, 0.29) is 52.8 Å². The van der Waals surface area contributed by atoms with Crippen molar-refractivity contribution in [1.82, 2.24) is 4.98 Å². The van der Waals surface area contributed by atoms with Crippen molar-refractivity contribution < 1.29 is 34.8 Å². The number of carboxylic acid groups (broad SMARTS) is 1. The maximum atomic E-state index is 13.0. The van der Waals surface area contributed by atoms with Gasteiger partial charge in [0.25, 0.3) is 0 Å². The van der Waals surface area contributed by atoms with Gasteiger partial charge in [0.05, 0.1) is 41.8 Å². The number of rotatable bonds is 11. The van der Waals surface area contributed by atoms with Crippen LogP contribution in [0.4, 0.5) is 5.69 Å².